The van der Waals surface area contributed by atoms with Gasteiger partial charge in [0.2, 0.25) is 0 Å². The van der Waals surface area contributed by atoms with Crippen molar-refractivity contribution in [2.24, 2.45) is 0 Å². The van der Waals surface area contributed by atoms with E-state index in [2.05, 4.69) is 70.5 Å². The summed E-state index contributed by atoms with van der Waals surface area (Å²) in [6, 6.07) is 4.87. The molecule has 0 aromatic heterocycles. The number of allylic oxidation sites excluding steroid dienone is 1. The summed E-state index contributed by atoms with van der Waals surface area (Å²) in [5.41, 5.74) is 3.26. The van der Waals surface area contributed by atoms with Crippen LogP contribution in [-0.4, -0.2) is 36.2 Å². The molecule has 1 aromatic carbocycles. The maximum absolute atomic E-state index is 11.0. The van der Waals surface area contributed by atoms with Crippen molar-refractivity contribution in [1.82, 2.24) is 10.2 Å². The predicted molar refractivity (Wildman–Crippen MR) is 127 cm³/mol. The number of hydrogen-bond donors (Lipinski definition) is 2. The highest BCUT2D eigenvalue weighted by Crippen LogP contribution is 2.42. The lowest BCUT2D eigenvalue weighted by Crippen LogP contribution is -2.45. The highest BCUT2D eigenvalue weighted by atomic mass is 35.5. The van der Waals surface area contributed by atoms with E-state index >= 15 is 0 Å². The molecule has 0 unspecified atom stereocenters. The van der Waals surface area contributed by atoms with E-state index in [1.165, 1.54) is 5.56 Å². The van der Waals surface area contributed by atoms with Gasteiger partial charge in [-0.25, -0.2) is 0 Å². The third kappa shape index (κ3) is 6.66. The lowest BCUT2D eigenvalue weighted by Gasteiger charge is -2.37. The summed E-state index contributed by atoms with van der Waals surface area (Å²) in [6.07, 6.45) is 4.09. The fourth-order valence-corrected chi connectivity index (χ4v) is 3.82. The summed E-state index contributed by atoms with van der Waals surface area (Å²) in [5, 5.41) is 14.5. The van der Waals surface area contributed by atoms with Crippen LogP contribution in [0.3, 0.4) is 0 Å². The van der Waals surface area contributed by atoms with Gasteiger partial charge in [-0.2, -0.15) is 0 Å². The molecule has 0 saturated carbocycles. The van der Waals surface area contributed by atoms with E-state index in [4.69, 9.17) is 0 Å². The van der Waals surface area contributed by atoms with Crippen LogP contribution in [0.5, 0.6) is 5.75 Å². The van der Waals surface area contributed by atoms with Crippen molar-refractivity contribution >= 4 is 24.8 Å². The van der Waals surface area contributed by atoms with Gasteiger partial charge in [0.25, 0.3) is 0 Å². The quantitative estimate of drug-likeness (QED) is 0.584. The monoisotopic (exact) mass is 430 g/mol. The normalized spacial score (nSPS) is 16.6. The molecule has 1 saturated heterocycles. The van der Waals surface area contributed by atoms with Crippen LogP contribution in [0.25, 0.3) is 0 Å². The highest BCUT2D eigenvalue weighted by Gasteiger charge is 2.30. The Balaban J connectivity index is 0.00000364. The van der Waals surface area contributed by atoms with Gasteiger partial charge in [-0.15, -0.1) is 31.4 Å². The summed E-state index contributed by atoms with van der Waals surface area (Å²) in [5.74, 6) is 0.469. The summed E-state index contributed by atoms with van der Waals surface area (Å²) in [6.45, 7) is 21.2. The van der Waals surface area contributed by atoms with Gasteiger partial charge in [-0.1, -0.05) is 47.6 Å². The molecule has 0 aliphatic carbocycles. The Bertz CT molecular complexity index is 591. The number of rotatable bonds is 5. The van der Waals surface area contributed by atoms with E-state index in [-0.39, 0.29) is 35.6 Å². The number of nitrogens with one attached hydrogen (secondary N) is 1. The number of phenolic OH excluding ortho intramolecular Hbond substituents is 1. The number of benzene rings is 1. The largest absolute Gasteiger partial charge is 0.507 e. The molecule has 2 rings (SSSR count). The second-order valence-corrected chi connectivity index (χ2v) is 9.63. The highest BCUT2D eigenvalue weighted by molar-refractivity contribution is 5.85. The fourth-order valence-electron chi connectivity index (χ4n) is 3.82. The molecule has 0 amide bonds. The molecule has 1 aliphatic rings. The Kier molecular flexibility index (Phi) is 10.6. The van der Waals surface area contributed by atoms with Crippen LogP contribution in [-0.2, 0) is 10.8 Å². The number of aromatic hydroxyl groups is 1. The van der Waals surface area contributed by atoms with Crippen molar-refractivity contribution < 1.29 is 5.11 Å². The van der Waals surface area contributed by atoms with Crippen LogP contribution in [0, 0.1) is 0 Å². The van der Waals surface area contributed by atoms with Gasteiger partial charge in [0, 0.05) is 32.2 Å². The smallest absolute Gasteiger partial charge is 0.123 e. The first-order chi connectivity index (χ1) is 12.1. The van der Waals surface area contributed by atoms with E-state index in [1.54, 1.807) is 0 Å². The van der Waals surface area contributed by atoms with Crippen molar-refractivity contribution in [3.63, 3.8) is 0 Å². The van der Waals surface area contributed by atoms with Gasteiger partial charge >= 0.3 is 0 Å². The van der Waals surface area contributed by atoms with Crippen LogP contribution in [0.2, 0.25) is 0 Å². The molecule has 0 bridgehead atoms. The van der Waals surface area contributed by atoms with Crippen molar-refractivity contribution in [2.45, 2.75) is 71.3 Å². The Hall–Kier alpha value is -0.740. The van der Waals surface area contributed by atoms with Crippen molar-refractivity contribution in [1.29, 1.82) is 0 Å². The molecule has 2 N–H and O–H groups in total. The summed E-state index contributed by atoms with van der Waals surface area (Å²) >= 11 is 0. The molecule has 28 heavy (non-hydrogen) atoms. The third-order valence-corrected chi connectivity index (χ3v) is 5.37. The minimum absolute atomic E-state index is 0. The molecule has 162 valence electrons. The molecule has 1 atom stereocenters. The number of hydrogen-bond acceptors (Lipinski definition) is 3. The Morgan fingerprint density at radius 3 is 1.89 bits per heavy atom. The molecule has 1 heterocycles. The molecule has 1 aromatic rings. The lowest BCUT2D eigenvalue weighted by atomic mass is 9.77. The third-order valence-electron chi connectivity index (χ3n) is 5.37. The average molecular weight is 431 g/mol. The van der Waals surface area contributed by atoms with Crippen LogP contribution in [0.15, 0.2) is 24.8 Å². The number of halogens is 2. The second kappa shape index (κ2) is 10.9. The molecule has 0 spiro atoms. The van der Waals surface area contributed by atoms with E-state index < -0.39 is 0 Å². The van der Waals surface area contributed by atoms with Crippen LogP contribution >= 0.6 is 24.8 Å². The van der Waals surface area contributed by atoms with Crippen molar-refractivity contribution in [3.8, 4) is 5.75 Å². The van der Waals surface area contributed by atoms with Gasteiger partial charge in [0.1, 0.15) is 5.75 Å². The predicted octanol–water partition coefficient (Wildman–Crippen LogP) is 5.74. The number of phenols is 1. The fraction of sp³-hybridized carbons (Fsp3) is 0.652. The minimum atomic E-state index is -0.0907. The molecule has 1 aliphatic heterocycles. The van der Waals surface area contributed by atoms with Crippen molar-refractivity contribution in [2.75, 3.05) is 26.2 Å². The number of nitrogens with zero attached hydrogens (tertiary/aromatic N) is 1. The topological polar surface area (TPSA) is 35.5 Å². The van der Waals surface area contributed by atoms with Crippen LogP contribution in [0.4, 0.5) is 0 Å². The SMILES string of the molecule is C=CCC[C@H](c1cc(C(C)(C)C)c(O)c(C(C)(C)C)c1)N1CCNCC1.Cl.Cl. The molecule has 0 radical (unpaired) electrons. The van der Waals surface area contributed by atoms with E-state index in [0.29, 0.717) is 11.8 Å². The first kappa shape index (κ1) is 27.3. The van der Waals surface area contributed by atoms with Gasteiger partial charge in [-0.05, 0) is 52.5 Å². The molecule has 3 nitrogen and oxygen atoms in total. The van der Waals surface area contributed by atoms with Gasteiger partial charge in [-0.3, -0.25) is 4.90 Å². The minimum Gasteiger partial charge on any atom is -0.507 e. The average Bonchev–Trinajstić information content (AvgIpc) is 2.55. The van der Waals surface area contributed by atoms with Crippen LogP contribution < -0.4 is 5.32 Å². The Labute approximate surface area is 184 Å². The summed E-state index contributed by atoms with van der Waals surface area (Å²) in [4.78, 5) is 2.59. The molecular weight excluding hydrogens is 391 g/mol. The maximum Gasteiger partial charge on any atom is 0.123 e. The zero-order valence-electron chi connectivity index (χ0n) is 18.5. The lowest BCUT2D eigenvalue weighted by molar-refractivity contribution is 0.166. The van der Waals surface area contributed by atoms with Crippen LogP contribution in [0.1, 0.15) is 77.1 Å². The maximum atomic E-state index is 11.0. The second-order valence-electron chi connectivity index (χ2n) is 9.63. The first-order valence-corrected chi connectivity index (χ1v) is 9.99. The van der Waals surface area contributed by atoms with Gasteiger partial charge < -0.3 is 10.4 Å². The van der Waals surface area contributed by atoms with Gasteiger partial charge in [0.05, 0.1) is 0 Å². The summed E-state index contributed by atoms with van der Waals surface area (Å²) in [7, 11) is 0. The van der Waals surface area contributed by atoms with Crippen molar-refractivity contribution in [3.05, 3.63) is 41.5 Å². The first-order valence-electron chi connectivity index (χ1n) is 9.99. The van der Waals surface area contributed by atoms with E-state index in [0.717, 1.165) is 50.1 Å². The molecular formula is C23H40Cl2N2O. The van der Waals surface area contributed by atoms with Gasteiger partial charge in [0.15, 0.2) is 0 Å². The molecule has 5 heteroatoms. The zero-order valence-corrected chi connectivity index (χ0v) is 20.1. The zero-order chi connectivity index (χ0) is 19.5. The Morgan fingerprint density at radius 1 is 1.04 bits per heavy atom. The van der Waals surface area contributed by atoms with E-state index in [1.807, 2.05) is 6.08 Å². The Morgan fingerprint density at radius 2 is 1.50 bits per heavy atom. The molecule has 1 fully saturated rings. The van der Waals surface area contributed by atoms with E-state index in [9.17, 15) is 5.11 Å². The standard InChI is InChI=1S/C23H38N2O.2ClH/c1-8-9-10-20(25-13-11-24-12-14-25)17-15-18(22(2,3)4)21(26)19(16-17)23(5,6)7;;/h8,15-16,20,24,26H,1,9-14H2,2-7H3;2*1H/t20-;;/m1../s1. The summed E-state index contributed by atoms with van der Waals surface area (Å²) < 4.78 is 0. The number of piperazine rings is 1.